The summed E-state index contributed by atoms with van der Waals surface area (Å²) in [6.07, 6.45) is 0.878. The Hall–Kier alpha value is -0.570. The third kappa shape index (κ3) is 3.25. The Balaban J connectivity index is 2.19. The first kappa shape index (κ1) is 13.9. The molecule has 1 aromatic carbocycles. The number of thiazole rings is 1. The highest BCUT2D eigenvalue weighted by Gasteiger charge is 2.14. The summed E-state index contributed by atoms with van der Waals surface area (Å²) in [5.41, 5.74) is 2.30. The molecule has 1 nitrogen and oxygen atoms in total. The quantitative estimate of drug-likeness (QED) is 0.726. The van der Waals surface area contributed by atoms with Gasteiger partial charge in [-0.15, -0.1) is 22.9 Å². The lowest BCUT2D eigenvalue weighted by atomic mass is 9.98. The molecule has 0 radical (unpaired) electrons. The summed E-state index contributed by atoms with van der Waals surface area (Å²) in [7, 11) is 0. The van der Waals surface area contributed by atoms with Crippen LogP contribution in [0.3, 0.4) is 0 Å². The van der Waals surface area contributed by atoms with Gasteiger partial charge < -0.3 is 0 Å². The third-order valence-corrected chi connectivity index (χ3v) is 4.70. The van der Waals surface area contributed by atoms with Gasteiger partial charge in [-0.1, -0.05) is 23.7 Å². The Bertz CT molecular complexity index is 517. The Morgan fingerprint density at radius 3 is 2.67 bits per heavy atom. The first-order chi connectivity index (χ1) is 8.60. The molecule has 0 fully saturated rings. The van der Waals surface area contributed by atoms with E-state index < -0.39 is 0 Å². The molecule has 0 amide bonds. The van der Waals surface area contributed by atoms with Gasteiger partial charge in [0.15, 0.2) is 0 Å². The standard InChI is InChI=1S/C14H15Cl2NS/c1-9-10(2)18-14(17-9)7-12(8-15)11-4-3-5-13(16)6-11/h3-6,12H,7-8H2,1-2H3. The third-order valence-electron chi connectivity index (χ3n) is 3.00. The minimum absolute atomic E-state index is 0.273. The summed E-state index contributed by atoms with van der Waals surface area (Å²) in [5, 5.41) is 1.91. The van der Waals surface area contributed by atoms with E-state index in [-0.39, 0.29) is 5.92 Å². The lowest BCUT2D eigenvalue weighted by Crippen LogP contribution is -2.04. The first-order valence-electron chi connectivity index (χ1n) is 5.84. The summed E-state index contributed by atoms with van der Waals surface area (Å²) >= 11 is 13.9. The van der Waals surface area contributed by atoms with E-state index in [0.717, 1.165) is 22.1 Å². The molecule has 0 aliphatic rings. The minimum atomic E-state index is 0.273. The zero-order valence-corrected chi connectivity index (χ0v) is 12.7. The molecular weight excluding hydrogens is 285 g/mol. The van der Waals surface area contributed by atoms with E-state index >= 15 is 0 Å². The molecule has 1 unspecified atom stereocenters. The average molecular weight is 300 g/mol. The molecule has 0 aliphatic heterocycles. The van der Waals surface area contributed by atoms with Gasteiger partial charge in [0.25, 0.3) is 0 Å². The number of nitrogens with zero attached hydrogens (tertiary/aromatic N) is 1. The molecule has 1 atom stereocenters. The van der Waals surface area contributed by atoms with Crippen LogP contribution < -0.4 is 0 Å². The Labute approximate surface area is 122 Å². The summed E-state index contributed by atoms with van der Waals surface area (Å²) in [6, 6.07) is 7.91. The Morgan fingerprint density at radius 2 is 2.11 bits per heavy atom. The number of hydrogen-bond donors (Lipinski definition) is 0. The number of aryl methyl sites for hydroxylation is 2. The summed E-state index contributed by atoms with van der Waals surface area (Å²) < 4.78 is 0. The lowest BCUT2D eigenvalue weighted by molar-refractivity contribution is 0.759. The van der Waals surface area contributed by atoms with Gasteiger partial charge in [-0.25, -0.2) is 4.98 Å². The van der Waals surface area contributed by atoms with Crippen molar-refractivity contribution in [3.8, 4) is 0 Å². The number of hydrogen-bond acceptors (Lipinski definition) is 2. The largest absolute Gasteiger partial charge is 0.246 e. The van der Waals surface area contributed by atoms with Crippen LogP contribution in [0.5, 0.6) is 0 Å². The monoisotopic (exact) mass is 299 g/mol. The smallest absolute Gasteiger partial charge is 0.0937 e. The predicted octanol–water partition coefficient (Wildman–Crippen LogP) is 4.98. The van der Waals surface area contributed by atoms with Crippen LogP contribution in [0.4, 0.5) is 0 Å². The molecule has 0 aliphatic carbocycles. The van der Waals surface area contributed by atoms with Crippen LogP contribution in [0.25, 0.3) is 0 Å². The van der Waals surface area contributed by atoms with Crippen molar-refractivity contribution in [2.45, 2.75) is 26.2 Å². The molecule has 18 heavy (non-hydrogen) atoms. The highest BCUT2D eigenvalue weighted by molar-refractivity contribution is 7.11. The maximum absolute atomic E-state index is 6.08. The van der Waals surface area contributed by atoms with Crippen molar-refractivity contribution < 1.29 is 0 Å². The van der Waals surface area contributed by atoms with Gasteiger partial charge >= 0.3 is 0 Å². The number of halogens is 2. The molecule has 96 valence electrons. The van der Waals surface area contributed by atoms with Crippen molar-refractivity contribution in [1.29, 1.82) is 0 Å². The van der Waals surface area contributed by atoms with E-state index in [4.69, 9.17) is 23.2 Å². The van der Waals surface area contributed by atoms with Gasteiger partial charge in [0, 0.05) is 28.1 Å². The van der Waals surface area contributed by atoms with Crippen molar-refractivity contribution in [3.05, 3.63) is 50.4 Å². The van der Waals surface area contributed by atoms with E-state index in [1.165, 1.54) is 10.4 Å². The molecule has 1 aromatic heterocycles. The van der Waals surface area contributed by atoms with Crippen LogP contribution >= 0.6 is 34.5 Å². The summed E-state index contributed by atoms with van der Waals surface area (Å²) in [6.45, 7) is 4.15. The molecular formula is C14H15Cl2NS. The van der Waals surface area contributed by atoms with Gasteiger partial charge in [0.1, 0.15) is 0 Å². The predicted molar refractivity (Wildman–Crippen MR) is 80.2 cm³/mol. The fraction of sp³-hybridized carbons (Fsp3) is 0.357. The van der Waals surface area contributed by atoms with Crippen LogP contribution in [0.2, 0.25) is 5.02 Å². The molecule has 1 heterocycles. The summed E-state index contributed by atoms with van der Waals surface area (Å²) in [5.74, 6) is 0.855. The highest BCUT2D eigenvalue weighted by Crippen LogP contribution is 2.27. The van der Waals surface area contributed by atoms with Gasteiger partial charge in [0.05, 0.1) is 10.7 Å². The van der Waals surface area contributed by atoms with Crippen molar-refractivity contribution in [3.63, 3.8) is 0 Å². The van der Waals surface area contributed by atoms with E-state index in [1.807, 2.05) is 25.1 Å². The molecule has 0 bridgehead atoms. The number of aromatic nitrogens is 1. The van der Waals surface area contributed by atoms with E-state index in [2.05, 4.69) is 18.0 Å². The first-order valence-corrected chi connectivity index (χ1v) is 7.57. The van der Waals surface area contributed by atoms with Crippen molar-refractivity contribution >= 4 is 34.5 Å². The van der Waals surface area contributed by atoms with Gasteiger partial charge in [-0.3, -0.25) is 0 Å². The van der Waals surface area contributed by atoms with Crippen LogP contribution in [0, 0.1) is 13.8 Å². The molecule has 0 N–H and O–H groups in total. The zero-order chi connectivity index (χ0) is 13.1. The maximum Gasteiger partial charge on any atom is 0.0937 e. The Kier molecular flexibility index (Phi) is 4.66. The number of alkyl halides is 1. The van der Waals surface area contributed by atoms with E-state index in [0.29, 0.717) is 5.88 Å². The fourth-order valence-corrected chi connectivity index (χ4v) is 3.36. The van der Waals surface area contributed by atoms with Crippen LogP contribution in [0.1, 0.15) is 27.1 Å². The van der Waals surface area contributed by atoms with Crippen molar-refractivity contribution in [2.24, 2.45) is 0 Å². The van der Waals surface area contributed by atoms with E-state index in [9.17, 15) is 0 Å². The summed E-state index contributed by atoms with van der Waals surface area (Å²) in [4.78, 5) is 5.85. The number of rotatable bonds is 4. The maximum atomic E-state index is 6.08. The molecule has 0 saturated carbocycles. The second-order valence-electron chi connectivity index (χ2n) is 4.36. The molecule has 0 saturated heterocycles. The second-order valence-corrected chi connectivity index (χ2v) is 6.39. The minimum Gasteiger partial charge on any atom is -0.246 e. The van der Waals surface area contributed by atoms with Crippen molar-refractivity contribution in [1.82, 2.24) is 4.98 Å². The van der Waals surface area contributed by atoms with E-state index in [1.54, 1.807) is 11.3 Å². The molecule has 4 heteroatoms. The van der Waals surface area contributed by atoms with Crippen LogP contribution in [0.15, 0.2) is 24.3 Å². The highest BCUT2D eigenvalue weighted by atomic mass is 35.5. The van der Waals surface area contributed by atoms with Crippen LogP contribution in [-0.4, -0.2) is 10.9 Å². The molecule has 2 aromatic rings. The average Bonchev–Trinajstić information content (AvgIpc) is 2.65. The number of benzene rings is 1. The van der Waals surface area contributed by atoms with Gasteiger partial charge in [0.2, 0.25) is 0 Å². The van der Waals surface area contributed by atoms with Gasteiger partial charge in [-0.2, -0.15) is 0 Å². The molecule has 2 rings (SSSR count). The normalized spacial score (nSPS) is 12.7. The Morgan fingerprint density at radius 1 is 1.33 bits per heavy atom. The topological polar surface area (TPSA) is 12.9 Å². The SMILES string of the molecule is Cc1nc(CC(CCl)c2cccc(Cl)c2)sc1C. The fourth-order valence-electron chi connectivity index (χ4n) is 1.86. The second kappa shape index (κ2) is 6.05. The van der Waals surface area contributed by atoms with Crippen molar-refractivity contribution in [2.75, 3.05) is 5.88 Å². The zero-order valence-electron chi connectivity index (χ0n) is 10.4. The lowest BCUT2D eigenvalue weighted by Gasteiger charge is -2.12. The van der Waals surface area contributed by atoms with Crippen LogP contribution in [-0.2, 0) is 6.42 Å². The van der Waals surface area contributed by atoms with Gasteiger partial charge in [-0.05, 0) is 31.5 Å². The molecule has 0 spiro atoms.